The van der Waals surface area contributed by atoms with Gasteiger partial charge in [-0.25, -0.2) is 0 Å². The van der Waals surface area contributed by atoms with Crippen LogP contribution in [0.5, 0.6) is 5.75 Å². The van der Waals surface area contributed by atoms with Crippen molar-refractivity contribution in [3.8, 4) is 5.75 Å². The second kappa shape index (κ2) is 6.28. The van der Waals surface area contributed by atoms with Crippen molar-refractivity contribution >= 4 is 5.97 Å². The van der Waals surface area contributed by atoms with Crippen LogP contribution in [-0.4, -0.2) is 20.2 Å². The quantitative estimate of drug-likeness (QED) is 0.737. The Bertz CT molecular complexity index is 385. The second-order valence-electron chi connectivity index (χ2n) is 4.11. The van der Waals surface area contributed by atoms with Gasteiger partial charge in [-0.05, 0) is 36.5 Å². The Kier molecular flexibility index (Phi) is 5.01. The number of benzene rings is 1. The standard InChI is InChI=1S/C14H20O3/c1-5-11(9-14(15)17-4)12-7-6-10(2)13(8-12)16-3/h6-8,11H,5,9H2,1-4H3/t11-/m0/s1. The molecule has 0 aliphatic heterocycles. The number of carbonyl (C=O) groups is 1. The Morgan fingerprint density at radius 3 is 2.59 bits per heavy atom. The number of rotatable bonds is 5. The van der Waals surface area contributed by atoms with Gasteiger partial charge >= 0.3 is 5.97 Å². The molecule has 0 aliphatic rings. The van der Waals surface area contributed by atoms with Crippen LogP contribution in [0.2, 0.25) is 0 Å². The molecule has 1 aromatic rings. The molecule has 1 aromatic carbocycles. The highest BCUT2D eigenvalue weighted by Gasteiger charge is 2.15. The molecule has 0 amide bonds. The van der Waals surface area contributed by atoms with Gasteiger partial charge in [-0.15, -0.1) is 0 Å². The van der Waals surface area contributed by atoms with Gasteiger partial charge in [-0.3, -0.25) is 4.79 Å². The Morgan fingerprint density at radius 1 is 1.35 bits per heavy atom. The van der Waals surface area contributed by atoms with Crippen molar-refractivity contribution in [1.29, 1.82) is 0 Å². The molecule has 0 radical (unpaired) electrons. The fourth-order valence-corrected chi connectivity index (χ4v) is 1.87. The first-order valence-corrected chi connectivity index (χ1v) is 5.83. The molecule has 3 heteroatoms. The van der Waals surface area contributed by atoms with E-state index in [0.717, 1.165) is 23.3 Å². The molecule has 0 bridgehead atoms. The minimum Gasteiger partial charge on any atom is -0.496 e. The van der Waals surface area contributed by atoms with Crippen LogP contribution >= 0.6 is 0 Å². The predicted molar refractivity (Wildman–Crippen MR) is 67.4 cm³/mol. The first-order chi connectivity index (χ1) is 8.12. The van der Waals surface area contributed by atoms with Gasteiger partial charge in [0.25, 0.3) is 0 Å². The van der Waals surface area contributed by atoms with Crippen molar-refractivity contribution in [1.82, 2.24) is 0 Å². The zero-order valence-corrected chi connectivity index (χ0v) is 10.9. The van der Waals surface area contributed by atoms with Gasteiger partial charge in [0.05, 0.1) is 20.6 Å². The Labute approximate surface area is 103 Å². The third-order valence-corrected chi connectivity index (χ3v) is 3.04. The second-order valence-corrected chi connectivity index (χ2v) is 4.11. The highest BCUT2D eigenvalue weighted by molar-refractivity contribution is 5.70. The van der Waals surface area contributed by atoms with Gasteiger partial charge in [-0.2, -0.15) is 0 Å². The monoisotopic (exact) mass is 236 g/mol. The highest BCUT2D eigenvalue weighted by Crippen LogP contribution is 2.28. The number of ether oxygens (including phenoxy) is 2. The van der Waals surface area contributed by atoms with Gasteiger partial charge in [0.15, 0.2) is 0 Å². The number of aryl methyl sites for hydroxylation is 1. The van der Waals surface area contributed by atoms with Crippen LogP contribution in [0, 0.1) is 6.92 Å². The zero-order valence-electron chi connectivity index (χ0n) is 10.9. The molecule has 0 saturated carbocycles. The first-order valence-electron chi connectivity index (χ1n) is 5.83. The predicted octanol–water partition coefficient (Wildman–Crippen LogP) is 3.06. The summed E-state index contributed by atoms with van der Waals surface area (Å²) in [7, 11) is 3.08. The van der Waals surface area contributed by atoms with Gasteiger partial charge in [0, 0.05) is 0 Å². The van der Waals surface area contributed by atoms with Crippen LogP contribution in [0.25, 0.3) is 0 Å². The molecule has 0 fully saturated rings. The van der Waals surface area contributed by atoms with Crippen LogP contribution in [0.15, 0.2) is 18.2 Å². The van der Waals surface area contributed by atoms with Crippen LogP contribution in [-0.2, 0) is 9.53 Å². The fraction of sp³-hybridized carbons (Fsp3) is 0.500. The lowest BCUT2D eigenvalue weighted by molar-refractivity contribution is -0.141. The van der Waals surface area contributed by atoms with E-state index < -0.39 is 0 Å². The molecule has 94 valence electrons. The summed E-state index contributed by atoms with van der Waals surface area (Å²) in [5.41, 5.74) is 2.23. The maximum absolute atomic E-state index is 11.3. The largest absolute Gasteiger partial charge is 0.496 e. The SMILES string of the molecule is CC[C@@H](CC(=O)OC)c1ccc(C)c(OC)c1. The molecule has 1 rings (SSSR count). The van der Waals surface area contributed by atoms with Gasteiger partial charge in [0.1, 0.15) is 5.75 Å². The summed E-state index contributed by atoms with van der Waals surface area (Å²) in [6, 6.07) is 6.08. The lowest BCUT2D eigenvalue weighted by Crippen LogP contribution is -2.08. The summed E-state index contributed by atoms with van der Waals surface area (Å²) in [5.74, 6) is 0.888. The van der Waals surface area contributed by atoms with E-state index in [4.69, 9.17) is 9.47 Å². The summed E-state index contributed by atoms with van der Waals surface area (Å²) < 4.78 is 10.0. The molecule has 0 heterocycles. The average molecular weight is 236 g/mol. The van der Waals surface area contributed by atoms with E-state index in [1.165, 1.54) is 7.11 Å². The van der Waals surface area contributed by atoms with E-state index in [1.807, 2.05) is 19.1 Å². The molecular weight excluding hydrogens is 216 g/mol. The number of hydrogen-bond donors (Lipinski definition) is 0. The smallest absolute Gasteiger partial charge is 0.306 e. The Hall–Kier alpha value is -1.51. The molecule has 3 nitrogen and oxygen atoms in total. The summed E-state index contributed by atoms with van der Waals surface area (Å²) in [4.78, 5) is 11.3. The van der Waals surface area contributed by atoms with Crippen molar-refractivity contribution in [3.05, 3.63) is 29.3 Å². The number of esters is 1. The summed E-state index contributed by atoms with van der Waals surface area (Å²) in [6.45, 7) is 4.07. The molecule has 0 spiro atoms. The third-order valence-electron chi connectivity index (χ3n) is 3.04. The van der Waals surface area contributed by atoms with Gasteiger partial charge < -0.3 is 9.47 Å². The minimum absolute atomic E-state index is 0.170. The summed E-state index contributed by atoms with van der Waals surface area (Å²) >= 11 is 0. The summed E-state index contributed by atoms with van der Waals surface area (Å²) in [5, 5.41) is 0. The highest BCUT2D eigenvalue weighted by atomic mass is 16.5. The van der Waals surface area contributed by atoms with E-state index in [1.54, 1.807) is 7.11 Å². The normalized spacial score (nSPS) is 12.0. The van der Waals surface area contributed by atoms with Gasteiger partial charge in [-0.1, -0.05) is 19.1 Å². The van der Waals surface area contributed by atoms with E-state index in [9.17, 15) is 4.79 Å². The maximum Gasteiger partial charge on any atom is 0.306 e. The molecule has 0 aliphatic carbocycles. The zero-order chi connectivity index (χ0) is 12.8. The topological polar surface area (TPSA) is 35.5 Å². The summed E-state index contributed by atoms with van der Waals surface area (Å²) in [6.07, 6.45) is 1.32. The number of methoxy groups -OCH3 is 2. The van der Waals surface area contributed by atoms with E-state index >= 15 is 0 Å². The van der Waals surface area contributed by atoms with Crippen LogP contribution in [0.3, 0.4) is 0 Å². The average Bonchev–Trinajstić information content (AvgIpc) is 2.36. The maximum atomic E-state index is 11.3. The van der Waals surface area contributed by atoms with E-state index in [0.29, 0.717) is 6.42 Å². The molecule has 0 unspecified atom stereocenters. The van der Waals surface area contributed by atoms with Crippen molar-refractivity contribution in [2.24, 2.45) is 0 Å². The van der Waals surface area contributed by atoms with Crippen molar-refractivity contribution in [2.45, 2.75) is 32.6 Å². The van der Waals surface area contributed by atoms with E-state index in [2.05, 4.69) is 13.0 Å². The third kappa shape index (κ3) is 3.48. The van der Waals surface area contributed by atoms with Crippen LogP contribution in [0.4, 0.5) is 0 Å². The lowest BCUT2D eigenvalue weighted by Gasteiger charge is -2.15. The molecule has 0 aromatic heterocycles. The molecular formula is C14H20O3. The number of carbonyl (C=O) groups excluding carboxylic acids is 1. The molecule has 17 heavy (non-hydrogen) atoms. The van der Waals surface area contributed by atoms with Crippen molar-refractivity contribution in [3.63, 3.8) is 0 Å². The van der Waals surface area contributed by atoms with Crippen molar-refractivity contribution < 1.29 is 14.3 Å². The molecule has 1 atom stereocenters. The first kappa shape index (κ1) is 13.6. The van der Waals surface area contributed by atoms with Crippen LogP contribution in [0.1, 0.15) is 36.8 Å². The fourth-order valence-electron chi connectivity index (χ4n) is 1.87. The van der Waals surface area contributed by atoms with Crippen LogP contribution < -0.4 is 4.74 Å². The Morgan fingerprint density at radius 2 is 2.06 bits per heavy atom. The van der Waals surface area contributed by atoms with Gasteiger partial charge in [0.2, 0.25) is 0 Å². The molecule has 0 N–H and O–H groups in total. The number of hydrogen-bond acceptors (Lipinski definition) is 3. The van der Waals surface area contributed by atoms with Crippen molar-refractivity contribution in [2.75, 3.05) is 14.2 Å². The van der Waals surface area contributed by atoms with E-state index in [-0.39, 0.29) is 11.9 Å². The minimum atomic E-state index is -0.170. The lowest BCUT2D eigenvalue weighted by atomic mass is 9.92. The molecule has 0 saturated heterocycles. The Balaban J connectivity index is 2.91.